The second kappa shape index (κ2) is 5.87. The van der Waals surface area contributed by atoms with Crippen molar-refractivity contribution in [2.45, 2.75) is 39.3 Å². The molecule has 98 valence electrons. The molecule has 18 heavy (non-hydrogen) atoms. The normalized spacial score (nSPS) is 26.2. The SMILES string of the molecule is CB(O)N1C[C@H](C)N(Cc2ccccc2)C[C@H]1C. The molecule has 0 amide bonds. The van der Waals surface area contributed by atoms with E-state index in [1.807, 2.05) is 6.82 Å². The summed E-state index contributed by atoms with van der Waals surface area (Å²) in [7, 11) is -0.346. The second-order valence-corrected chi connectivity index (χ2v) is 5.44. The Bertz CT molecular complexity index is 371. The Morgan fingerprint density at radius 2 is 1.83 bits per heavy atom. The zero-order valence-corrected chi connectivity index (χ0v) is 11.6. The molecule has 4 heteroatoms. The van der Waals surface area contributed by atoms with Crippen LogP contribution in [0.3, 0.4) is 0 Å². The second-order valence-electron chi connectivity index (χ2n) is 5.44. The first-order chi connectivity index (χ1) is 8.58. The lowest BCUT2D eigenvalue weighted by Gasteiger charge is -2.44. The monoisotopic (exact) mass is 246 g/mol. The molecule has 0 bridgehead atoms. The number of piperazine rings is 1. The van der Waals surface area contributed by atoms with Gasteiger partial charge < -0.3 is 9.83 Å². The Labute approximate surface area is 111 Å². The number of hydrogen-bond donors (Lipinski definition) is 1. The molecule has 1 N–H and O–H groups in total. The predicted molar refractivity (Wildman–Crippen MR) is 76.3 cm³/mol. The number of hydrogen-bond acceptors (Lipinski definition) is 3. The zero-order chi connectivity index (χ0) is 13.1. The topological polar surface area (TPSA) is 26.7 Å². The molecule has 0 aliphatic carbocycles. The van der Waals surface area contributed by atoms with Crippen molar-refractivity contribution in [3.63, 3.8) is 0 Å². The van der Waals surface area contributed by atoms with Crippen molar-refractivity contribution in [1.29, 1.82) is 0 Å². The highest BCUT2D eigenvalue weighted by Crippen LogP contribution is 2.18. The molecule has 1 aromatic rings. The maximum Gasteiger partial charge on any atom is 0.376 e. The van der Waals surface area contributed by atoms with E-state index in [0.29, 0.717) is 12.1 Å². The van der Waals surface area contributed by atoms with Crippen molar-refractivity contribution in [2.75, 3.05) is 13.1 Å². The molecule has 1 aliphatic heterocycles. The van der Waals surface area contributed by atoms with Crippen LogP contribution in [0.25, 0.3) is 0 Å². The lowest BCUT2D eigenvalue weighted by Crippen LogP contribution is -2.59. The van der Waals surface area contributed by atoms with Crippen molar-refractivity contribution < 1.29 is 5.02 Å². The smallest absolute Gasteiger partial charge is 0.376 e. The van der Waals surface area contributed by atoms with Crippen LogP contribution in [0.1, 0.15) is 19.4 Å². The molecule has 1 aliphatic rings. The largest absolute Gasteiger partial charge is 0.437 e. The Morgan fingerprint density at radius 1 is 1.17 bits per heavy atom. The van der Waals surface area contributed by atoms with Gasteiger partial charge in [-0.25, -0.2) is 0 Å². The van der Waals surface area contributed by atoms with E-state index >= 15 is 0 Å². The molecule has 1 fully saturated rings. The minimum atomic E-state index is -0.346. The summed E-state index contributed by atoms with van der Waals surface area (Å²) in [5, 5.41) is 9.75. The summed E-state index contributed by atoms with van der Waals surface area (Å²) in [5.74, 6) is 0. The lowest BCUT2D eigenvalue weighted by atomic mass is 9.81. The third-order valence-corrected chi connectivity index (χ3v) is 3.87. The fourth-order valence-corrected chi connectivity index (χ4v) is 2.78. The molecule has 2 atom stereocenters. The predicted octanol–water partition coefficient (Wildman–Crippen LogP) is 1.69. The fraction of sp³-hybridized carbons (Fsp3) is 0.571. The van der Waals surface area contributed by atoms with Gasteiger partial charge in [0.25, 0.3) is 0 Å². The molecule has 3 nitrogen and oxygen atoms in total. The van der Waals surface area contributed by atoms with E-state index in [0.717, 1.165) is 19.6 Å². The summed E-state index contributed by atoms with van der Waals surface area (Å²) in [6, 6.07) is 11.5. The summed E-state index contributed by atoms with van der Waals surface area (Å²) < 4.78 is 0. The van der Waals surface area contributed by atoms with Gasteiger partial charge in [0, 0.05) is 31.7 Å². The van der Waals surface area contributed by atoms with Gasteiger partial charge in [-0.05, 0) is 26.2 Å². The minimum absolute atomic E-state index is 0.346. The Hall–Kier alpha value is -0.835. The lowest BCUT2D eigenvalue weighted by molar-refractivity contribution is 0.0761. The van der Waals surface area contributed by atoms with Gasteiger partial charge in [-0.3, -0.25) is 4.90 Å². The minimum Gasteiger partial charge on any atom is -0.437 e. The zero-order valence-electron chi connectivity index (χ0n) is 11.6. The van der Waals surface area contributed by atoms with E-state index < -0.39 is 0 Å². The first kappa shape index (κ1) is 13.6. The van der Waals surface area contributed by atoms with Crippen LogP contribution in [0.15, 0.2) is 30.3 Å². The van der Waals surface area contributed by atoms with Crippen molar-refractivity contribution in [1.82, 2.24) is 9.71 Å². The van der Waals surface area contributed by atoms with Crippen LogP contribution < -0.4 is 0 Å². The third-order valence-electron chi connectivity index (χ3n) is 3.87. The number of rotatable bonds is 3. The molecule has 1 saturated heterocycles. The van der Waals surface area contributed by atoms with Crippen LogP contribution in [0, 0.1) is 0 Å². The summed E-state index contributed by atoms with van der Waals surface area (Å²) in [5.41, 5.74) is 1.36. The maximum atomic E-state index is 9.75. The van der Waals surface area contributed by atoms with Gasteiger partial charge in [0.15, 0.2) is 0 Å². The summed E-state index contributed by atoms with van der Waals surface area (Å²) in [6.45, 7) is 9.24. The quantitative estimate of drug-likeness (QED) is 0.822. The highest BCUT2D eigenvalue weighted by Gasteiger charge is 2.32. The molecule has 0 unspecified atom stereocenters. The van der Waals surface area contributed by atoms with Gasteiger partial charge in [0.05, 0.1) is 0 Å². The Balaban J connectivity index is 1.99. The third kappa shape index (κ3) is 3.13. The van der Waals surface area contributed by atoms with Crippen molar-refractivity contribution in [3.05, 3.63) is 35.9 Å². The van der Waals surface area contributed by atoms with Gasteiger partial charge >= 0.3 is 7.05 Å². The van der Waals surface area contributed by atoms with E-state index in [9.17, 15) is 5.02 Å². The molecule has 1 heterocycles. The summed E-state index contributed by atoms with van der Waals surface area (Å²) in [6.07, 6.45) is 0. The van der Waals surface area contributed by atoms with Crippen LogP contribution >= 0.6 is 0 Å². The highest BCUT2D eigenvalue weighted by atomic mass is 16.2. The molecule has 0 radical (unpaired) electrons. The molecular weight excluding hydrogens is 223 g/mol. The van der Waals surface area contributed by atoms with Crippen molar-refractivity contribution >= 4 is 7.05 Å². The van der Waals surface area contributed by atoms with Gasteiger partial charge in [-0.15, -0.1) is 0 Å². The van der Waals surface area contributed by atoms with E-state index in [2.05, 4.69) is 53.9 Å². The van der Waals surface area contributed by atoms with Gasteiger partial charge in [0.1, 0.15) is 0 Å². The van der Waals surface area contributed by atoms with Crippen LogP contribution in [0.5, 0.6) is 0 Å². The average Bonchev–Trinajstić information content (AvgIpc) is 2.34. The van der Waals surface area contributed by atoms with E-state index in [4.69, 9.17) is 0 Å². The number of nitrogens with zero attached hydrogens (tertiary/aromatic N) is 2. The first-order valence-electron chi connectivity index (χ1n) is 6.79. The Kier molecular flexibility index (Phi) is 4.43. The maximum absolute atomic E-state index is 9.75. The number of benzene rings is 1. The summed E-state index contributed by atoms with van der Waals surface area (Å²) >= 11 is 0. The molecule has 0 saturated carbocycles. The van der Waals surface area contributed by atoms with Crippen LogP contribution in [0.4, 0.5) is 0 Å². The fourth-order valence-electron chi connectivity index (χ4n) is 2.78. The standard InChI is InChI=1S/C14H23BN2O/c1-12-10-17(15(3)18)13(2)9-16(12)11-14-7-5-4-6-8-14/h4-8,12-13,18H,9-11H2,1-3H3/t12-,13+/m0/s1. The van der Waals surface area contributed by atoms with Crippen LogP contribution in [-0.2, 0) is 6.54 Å². The van der Waals surface area contributed by atoms with E-state index in [-0.39, 0.29) is 7.05 Å². The highest BCUT2D eigenvalue weighted by molar-refractivity contribution is 6.45. The van der Waals surface area contributed by atoms with Gasteiger partial charge in [-0.2, -0.15) is 0 Å². The van der Waals surface area contributed by atoms with Gasteiger partial charge in [-0.1, -0.05) is 30.3 Å². The van der Waals surface area contributed by atoms with Gasteiger partial charge in [0.2, 0.25) is 0 Å². The molecular formula is C14H23BN2O. The molecule has 0 aromatic heterocycles. The van der Waals surface area contributed by atoms with Crippen molar-refractivity contribution in [3.8, 4) is 0 Å². The molecule has 1 aromatic carbocycles. The molecule has 2 rings (SSSR count). The average molecular weight is 246 g/mol. The van der Waals surface area contributed by atoms with Crippen LogP contribution in [0.2, 0.25) is 6.82 Å². The first-order valence-corrected chi connectivity index (χ1v) is 6.79. The Morgan fingerprint density at radius 3 is 2.44 bits per heavy atom. The van der Waals surface area contributed by atoms with Crippen molar-refractivity contribution in [2.24, 2.45) is 0 Å². The van der Waals surface area contributed by atoms with Crippen LogP contribution in [-0.4, -0.2) is 47.0 Å². The van der Waals surface area contributed by atoms with E-state index in [1.165, 1.54) is 5.56 Å². The molecule has 0 spiro atoms. The van der Waals surface area contributed by atoms with E-state index in [1.54, 1.807) is 0 Å². The summed E-state index contributed by atoms with van der Waals surface area (Å²) in [4.78, 5) is 4.67.